The fourth-order valence-electron chi connectivity index (χ4n) is 1.68. The van der Waals surface area contributed by atoms with Crippen LogP contribution in [0.3, 0.4) is 0 Å². The van der Waals surface area contributed by atoms with Crippen molar-refractivity contribution in [2.75, 3.05) is 25.5 Å². The third-order valence-corrected chi connectivity index (χ3v) is 2.80. The van der Waals surface area contributed by atoms with E-state index in [1.165, 1.54) is 30.3 Å². The Morgan fingerprint density at radius 2 is 2.25 bits per heavy atom. The van der Waals surface area contributed by atoms with Gasteiger partial charge in [-0.3, -0.25) is 0 Å². The molecule has 0 radical (unpaired) electrons. The normalized spacial score (nSPS) is 10.3. The molecular weight excluding hydrogens is 263 g/mol. The van der Waals surface area contributed by atoms with Crippen molar-refractivity contribution in [3.05, 3.63) is 42.4 Å². The summed E-state index contributed by atoms with van der Waals surface area (Å²) < 4.78 is 18.9. The van der Waals surface area contributed by atoms with Crippen LogP contribution in [-0.2, 0) is 0 Å². The van der Waals surface area contributed by atoms with Gasteiger partial charge in [-0.25, -0.2) is 9.18 Å². The summed E-state index contributed by atoms with van der Waals surface area (Å²) in [6.45, 7) is 0.0180. The number of anilines is 1. The maximum Gasteiger partial charge on any atom is 0.321 e. The molecule has 0 aliphatic rings. The third kappa shape index (κ3) is 3.16. The summed E-state index contributed by atoms with van der Waals surface area (Å²) in [6.07, 6.45) is 1.52. The van der Waals surface area contributed by atoms with Crippen molar-refractivity contribution < 1.29 is 18.7 Å². The molecule has 0 aliphatic heterocycles. The summed E-state index contributed by atoms with van der Waals surface area (Å²) in [7, 11) is 1.51. The third-order valence-electron chi connectivity index (χ3n) is 2.80. The average molecular weight is 278 g/mol. The first-order valence-corrected chi connectivity index (χ1v) is 6.08. The predicted octanol–water partition coefficient (Wildman–Crippen LogP) is 2.54. The summed E-state index contributed by atoms with van der Waals surface area (Å²) in [5, 5.41) is 11.2. The van der Waals surface area contributed by atoms with Crippen LogP contribution in [0.2, 0.25) is 0 Å². The Bertz CT molecular complexity index is 584. The molecule has 2 N–H and O–H groups in total. The fraction of sp³-hybridized carbons (Fsp3) is 0.214. The Hall–Kier alpha value is -2.34. The minimum Gasteiger partial charge on any atom is -0.464 e. The van der Waals surface area contributed by atoms with Crippen LogP contribution in [-0.4, -0.2) is 36.2 Å². The van der Waals surface area contributed by atoms with Crippen molar-refractivity contribution in [1.82, 2.24) is 4.90 Å². The van der Waals surface area contributed by atoms with Crippen LogP contribution in [0.4, 0.5) is 14.9 Å². The number of carbonyl (C=O) groups excluding carboxylic acids is 1. The van der Waals surface area contributed by atoms with Gasteiger partial charge in [0, 0.05) is 19.2 Å². The number of carbonyl (C=O) groups is 1. The van der Waals surface area contributed by atoms with Gasteiger partial charge in [0.15, 0.2) is 0 Å². The van der Waals surface area contributed by atoms with Crippen molar-refractivity contribution >= 4 is 11.7 Å². The summed E-state index contributed by atoms with van der Waals surface area (Å²) in [5.74, 6) is 0.0512. The molecule has 6 heteroatoms. The van der Waals surface area contributed by atoms with Crippen LogP contribution in [0.1, 0.15) is 0 Å². The van der Waals surface area contributed by atoms with E-state index in [9.17, 15) is 9.18 Å². The number of amides is 2. The number of nitrogens with zero attached hydrogens (tertiary/aromatic N) is 1. The fourth-order valence-corrected chi connectivity index (χ4v) is 1.68. The van der Waals surface area contributed by atoms with Crippen molar-refractivity contribution in [1.29, 1.82) is 0 Å². The van der Waals surface area contributed by atoms with Crippen molar-refractivity contribution in [2.45, 2.75) is 0 Å². The van der Waals surface area contributed by atoms with Gasteiger partial charge in [-0.05, 0) is 30.3 Å². The predicted molar refractivity (Wildman–Crippen MR) is 72.8 cm³/mol. The van der Waals surface area contributed by atoms with Crippen LogP contribution >= 0.6 is 0 Å². The van der Waals surface area contributed by atoms with Crippen LogP contribution < -0.4 is 5.32 Å². The molecule has 1 aromatic heterocycles. The molecule has 106 valence electrons. The quantitative estimate of drug-likeness (QED) is 0.903. The topological polar surface area (TPSA) is 65.7 Å². The van der Waals surface area contributed by atoms with E-state index in [2.05, 4.69) is 5.32 Å². The molecule has 0 atom stereocenters. The number of urea groups is 1. The van der Waals surface area contributed by atoms with E-state index in [0.29, 0.717) is 11.3 Å². The van der Waals surface area contributed by atoms with Crippen molar-refractivity contribution in [3.8, 4) is 11.3 Å². The molecular formula is C14H15FN2O3. The number of nitrogens with one attached hydrogen (secondary N) is 1. The summed E-state index contributed by atoms with van der Waals surface area (Å²) in [6, 6.07) is 7.32. The summed E-state index contributed by atoms with van der Waals surface area (Å²) in [5.41, 5.74) is 0.727. The van der Waals surface area contributed by atoms with E-state index in [0.717, 1.165) is 0 Å². The molecule has 0 unspecified atom stereocenters. The summed E-state index contributed by atoms with van der Waals surface area (Å²) >= 11 is 0. The first-order valence-electron chi connectivity index (χ1n) is 6.08. The maximum atomic E-state index is 13.7. The molecule has 0 saturated heterocycles. The smallest absolute Gasteiger partial charge is 0.321 e. The van der Waals surface area contributed by atoms with Gasteiger partial charge in [0.1, 0.15) is 11.6 Å². The molecule has 2 aromatic rings. The maximum absolute atomic E-state index is 13.7. The number of likely N-dealkylation sites (N-methyl/N-ethyl adjacent to an activating group) is 1. The van der Waals surface area contributed by atoms with Crippen LogP contribution in [0.5, 0.6) is 0 Å². The Labute approximate surface area is 115 Å². The molecule has 2 rings (SSSR count). The second-order valence-electron chi connectivity index (χ2n) is 4.25. The number of rotatable bonds is 4. The van der Waals surface area contributed by atoms with Gasteiger partial charge >= 0.3 is 6.03 Å². The number of aliphatic hydroxyl groups excluding tert-OH is 1. The molecule has 0 aliphatic carbocycles. The summed E-state index contributed by atoms with van der Waals surface area (Å²) in [4.78, 5) is 13.0. The van der Waals surface area contributed by atoms with E-state index in [1.54, 1.807) is 18.2 Å². The minimum absolute atomic E-state index is 0.0636. The van der Waals surface area contributed by atoms with Gasteiger partial charge in [-0.1, -0.05) is 0 Å². The highest BCUT2D eigenvalue weighted by Crippen LogP contribution is 2.25. The van der Waals surface area contributed by atoms with Crippen LogP contribution in [0.15, 0.2) is 41.0 Å². The molecule has 1 heterocycles. The van der Waals surface area contributed by atoms with Crippen molar-refractivity contribution in [2.24, 2.45) is 0 Å². The molecule has 1 aromatic carbocycles. The first-order chi connectivity index (χ1) is 9.61. The monoisotopic (exact) mass is 278 g/mol. The first kappa shape index (κ1) is 14.1. The second kappa shape index (κ2) is 6.21. The molecule has 20 heavy (non-hydrogen) atoms. The Morgan fingerprint density at radius 1 is 1.45 bits per heavy atom. The molecule has 2 amide bonds. The number of aliphatic hydroxyl groups is 1. The number of hydrogen-bond donors (Lipinski definition) is 2. The van der Waals surface area contributed by atoms with E-state index in [-0.39, 0.29) is 18.8 Å². The zero-order valence-electron chi connectivity index (χ0n) is 11.0. The standard InChI is InChI=1S/C14H15FN2O3/c1-17(6-7-18)14(19)16-12-9-10(4-5-11(12)15)13-3-2-8-20-13/h2-5,8-9,18H,6-7H2,1H3,(H,16,19). The largest absolute Gasteiger partial charge is 0.464 e. The lowest BCUT2D eigenvalue weighted by molar-refractivity contribution is 0.202. The highest BCUT2D eigenvalue weighted by Gasteiger charge is 2.12. The SMILES string of the molecule is CN(CCO)C(=O)Nc1cc(-c2ccco2)ccc1F. The van der Waals surface area contributed by atoms with Crippen LogP contribution in [0, 0.1) is 5.82 Å². The molecule has 0 spiro atoms. The van der Waals surface area contributed by atoms with Gasteiger partial charge in [-0.2, -0.15) is 0 Å². The molecule has 0 saturated carbocycles. The lowest BCUT2D eigenvalue weighted by Gasteiger charge is -2.17. The number of benzene rings is 1. The van der Waals surface area contributed by atoms with E-state index < -0.39 is 11.8 Å². The zero-order chi connectivity index (χ0) is 14.5. The van der Waals surface area contributed by atoms with Gasteiger partial charge in [0.05, 0.1) is 18.6 Å². The van der Waals surface area contributed by atoms with E-state index >= 15 is 0 Å². The van der Waals surface area contributed by atoms with Gasteiger partial charge in [-0.15, -0.1) is 0 Å². The zero-order valence-corrected chi connectivity index (χ0v) is 11.0. The minimum atomic E-state index is -0.536. The van der Waals surface area contributed by atoms with Gasteiger partial charge in [0.25, 0.3) is 0 Å². The van der Waals surface area contributed by atoms with Crippen molar-refractivity contribution in [3.63, 3.8) is 0 Å². The Balaban J connectivity index is 2.19. The molecule has 5 nitrogen and oxygen atoms in total. The molecule has 0 bridgehead atoms. The van der Waals surface area contributed by atoms with E-state index in [1.807, 2.05) is 0 Å². The highest BCUT2D eigenvalue weighted by molar-refractivity contribution is 5.90. The lowest BCUT2D eigenvalue weighted by atomic mass is 10.1. The average Bonchev–Trinajstić information content (AvgIpc) is 2.95. The van der Waals surface area contributed by atoms with Crippen LogP contribution in [0.25, 0.3) is 11.3 Å². The molecule has 0 fully saturated rings. The van der Waals surface area contributed by atoms with Gasteiger partial charge < -0.3 is 19.7 Å². The number of hydrogen-bond acceptors (Lipinski definition) is 3. The highest BCUT2D eigenvalue weighted by atomic mass is 19.1. The Morgan fingerprint density at radius 3 is 2.90 bits per heavy atom. The number of halogens is 1. The Kier molecular flexibility index (Phi) is 4.37. The lowest BCUT2D eigenvalue weighted by Crippen LogP contribution is -2.33. The second-order valence-corrected chi connectivity index (χ2v) is 4.25. The number of furan rings is 1. The van der Waals surface area contributed by atoms with E-state index in [4.69, 9.17) is 9.52 Å². The van der Waals surface area contributed by atoms with Gasteiger partial charge in [0.2, 0.25) is 0 Å².